The van der Waals surface area contributed by atoms with E-state index < -0.39 is 6.04 Å². The highest BCUT2D eigenvalue weighted by molar-refractivity contribution is 9.10. The average Bonchev–Trinajstić information content (AvgIpc) is 2.86. The zero-order chi connectivity index (χ0) is 15.0. The van der Waals surface area contributed by atoms with Crippen LogP contribution in [0, 0.1) is 5.82 Å². The molecule has 1 aromatic heterocycles. The second kappa shape index (κ2) is 5.48. The van der Waals surface area contributed by atoms with Crippen LogP contribution in [-0.4, -0.2) is 0 Å². The summed E-state index contributed by atoms with van der Waals surface area (Å²) in [6.07, 6.45) is 0. The van der Waals surface area contributed by atoms with Gasteiger partial charge in [0.05, 0.1) is 0 Å². The molecule has 2 aromatic carbocycles. The molecule has 6 heteroatoms. The van der Waals surface area contributed by atoms with Crippen molar-refractivity contribution < 1.29 is 8.81 Å². The third-order valence-corrected chi connectivity index (χ3v) is 3.80. The fourth-order valence-electron chi connectivity index (χ4n) is 2.30. The number of rotatable bonds is 3. The lowest BCUT2D eigenvalue weighted by Crippen LogP contribution is -2.29. The Morgan fingerprint density at radius 2 is 1.95 bits per heavy atom. The minimum absolute atomic E-state index is 0.311. The predicted octanol–water partition coefficient (Wildman–Crippen LogP) is 3.47. The van der Waals surface area contributed by atoms with E-state index in [0.29, 0.717) is 22.4 Å². The molecule has 4 nitrogen and oxygen atoms in total. The van der Waals surface area contributed by atoms with E-state index in [1.807, 2.05) is 12.1 Å². The molecule has 0 aliphatic carbocycles. The van der Waals surface area contributed by atoms with Gasteiger partial charge in [-0.1, -0.05) is 15.9 Å². The van der Waals surface area contributed by atoms with Crippen molar-refractivity contribution in [3.8, 4) is 0 Å². The highest BCUT2D eigenvalue weighted by Crippen LogP contribution is 2.32. The number of nitrogens with one attached hydrogen (secondary N) is 1. The Labute approximate surface area is 129 Å². The van der Waals surface area contributed by atoms with E-state index in [1.165, 1.54) is 12.1 Å². The van der Waals surface area contributed by atoms with Gasteiger partial charge in [0, 0.05) is 21.1 Å². The summed E-state index contributed by atoms with van der Waals surface area (Å²) in [5, 5.41) is 0.679. The number of hydrogen-bond donors (Lipinski definition) is 3. The molecule has 0 saturated heterocycles. The van der Waals surface area contributed by atoms with Crippen molar-refractivity contribution in [1.82, 2.24) is 5.43 Å². The Balaban J connectivity index is 2.11. The van der Waals surface area contributed by atoms with Gasteiger partial charge in [-0.25, -0.2) is 9.82 Å². The molecule has 0 aliphatic heterocycles. The second-order valence-corrected chi connectivity index (χ2v) is 5.62. The van der Waals surface area contributed by atoms with E-state index >= 15 is 0 Å². The first kappa shape index (κ1) is 14.1. The van der Waals surface area contributed by atoms with Crippen molar-refractivity contribution in [1.29, 1.82) is 0 Å². The zero-order valence-electron chi connectivity index (χ0n) is 10.9. The third-order valence-electron chi connectivity index (χ3n) is 3.31. The van der Waals surface area contributed by atoms with Crippen LogP contribution < -0.4 is 17.0 Å². The Bertz CT molecular complexity index is 803. The van der Waals surface area contributed by atoms with Gasteiger partial charge < -0.3 is 10.2 Å². The van der Waals surface area contributed by atoms with Crippen molar-refractivity contribution >= 4 is 32.6 Å². The molecule has 1 atom stereocenters. The van der Waals surface area contributed by atoms with Gasteiger partial charge in [0.2, 0.25) is 0 Å². The van der Waals surface area contributed by atoms with Crippen LogP contribution in [0.5, 0.6) is 0 Å². The zero-order valence-corrected chi connectivity index (χ0v) is 12.5. The molecular weight excluding hydrogens is 337 g/mol. The summed E-state index contributed by atoms with van der Waals surface area (Å²) in [6.45, 7) is 0. The summed E-state index contributed by atoms with van der Waals surface area (Å²) < 4.78 is 19.9. The molecule has 3 aromatic rings. The maximum atomic E-state index is 13.3. The van der Waals surface area contributed by atoms with Gasteiger partial charge in [0.15, 0.2) is 0 Å². The van der Waals surface area contributed by atoms with Crippen LogP contribution in [0.15, 0.2) is 51.4 Å². The van der Waals surface area contributed by atoms with Gasteiger partial charge in [-0.05, 0) is 42.5 Å². The molecule has 0 spiro atoms. The van der Waals surface area contributed by atoms with E-state index in [0.717, 1.165) is 10.0 Å². The van der Waals surface area contributed by atoms with Gasteiger partial charge in [-0.2, -0.15) is 0 Å². The van der Waals surface area contributed by atoms with Gasteiger partial charge in [-0.3, -0.25) is 5.84 Å². The Morgan fingerprint density at radius 1 is 1.14 bits per heavy atom. The SMILES string of the molecule is NNC(c1cc2cc(F)ccc2o1)c1cc(Br)ccc1N. The number of halogens is 2. The summed E-state index contributed by atoms with van der Waals surface area (Å²) in [5.74, 6) is 5.91. The normalized spacial score (nSPS) is 12.7. The number of hydrogen-bond acceptors (Lipinski definition) is 4. The summed E-state index contributed by atoms with van der Waals surface area (Å²) in [7, 11) is 0. The first-order valence-corrected chi connectivity index (χ1v) is 7.08. The summed E-state index contributed by atoms with van der Waals surface area (Å²) in [4.78, 5) is 0. The van der Waals surface area contributed by atoms with Gasteiger partial charge in [0.25, 0.3) is 0 Å². The fourth-order valence-corrected chi connectivity index (χ4v) is 2.68. The van der Waals surface area contributed by atoms with Crippen molar-refractivity contribution in [2.45, 2.75) is 6.04 Å². The van der Waals surface area contributed by atoms with E-state index in [4.69, 9.17) is 16.0 Å². The maximum Gasteiger partial charge on any atom is 0.134 e. The topological polar surface area (TPSA) is 77.2 Å². The van der Waals surface area contributed by atoms with Crippen molar-refractivity contribution in [3.63, 3.8) is 0 Å². The van der Waals surface area contributed by atoms with E-state index in [2.05, 4.69) is 21.4 Å². The first-order chi connectivity index (χ1) is 10.1. The molecular formula is C15H13BrFN3O. The summed E-state index contributed by atoms with van der Waals surface area (Å²) in [6, 6.07) is 11.2. The molecule has 0 bridgehead atoms. The van der Waals surface area contributed by atoms with Crippen LogP contribution in [-0.2, 0) is 0 Å². The van der Waals surface area contributed by atoms with Crippen LogP contribution in [0.3, 0.4) is 0 Å². The number of nitrogen functional groups attached to an aromatic ring is 1. The fraction of sp³-hybridized carbons (Fsp3) is 0.0667. The van der Waals surface area contributed by atoms with E-state index in [9.17, 15) is 4.39 Å². The number of benzene rings is 2. The Morgan fingerprint density at radius 3 is 2.71 bits per heavy atom. The van der Waals surface area contributed by atoms with Crippen LogP contribution in [0.2, 0.25) is 0 Å². The Hall–Kier alpha value is -1.89. The number of nitrogens with two attached hydrogens (primary N) is 2. The van der Waals surface area contributed by atoms with Crippen LogP contribution >= 0.6 is 15.9 Å². The minimum Gasteiger partial charge on any atom is -0.459 e. The third kappa shape index (κ3) is 2.65. The highest BCUT2D eigenvalue weighted by atomic mass is 79.9. The first-order valence-electron chi connectivity index (χ1n) is 6.28. The number of furan rings is 1. The van der Waals surface area contributed by atoms with E-state index in [-0.39, 0.29) is 5.82 Å². The smallest absolute Gasteiger partial charge is 0.134 e. The molecule has 0 fully saturated rings. The van der Waals surface area contributed by atoms with Crippen LogP contribution in [0.1, 0.15) is 17.4 Å². The van der Waals surface area contributed by atoms with Crippen molar-refractivity contribution in [3.05, 3.63) is 64.1 Å². The minimum atomic E-state index is -0.419. The molecule has 0 aliphatic rings. The molecule has 1 heterocycles. The Kier molecular flexibility index (Phi) is 3.67. The standard InChI is InChI=1S/C15H13BrFN3O/c16-9-1-3-12(18)11(7-9)15(20-19)14-6-8-5-10(17)2-4-13(8)21-14/h1-7,15,20H,18-19H2. The van der Waals surface area contributed by atoms with Crippen molar-refractivity contribution in [2.24, 2.45) is 5.84 Å². The average molecular weight is 350 g/mol. The lowest BCUT2D eigenvalue weighted by atomic mass is 10.0. The number of hydrazine groups is 1. The van der Waals surface area contributed by atoms with Crippen LogP contribution in [0.25, 0.3) is 11.0 Å². The van der Waals surface area contributed by atoms with E-state index in [1.54, 1.807) is 18.2 Å². The van der Waals surface area contributed by atoms with Crippen LogP contribution in [0.4, 0.5) is 10.1 Å². The summed E-state index contributed by atoms with van der Waals surface area (Å²) >= 11 is 3.41. The van der Waals surface area contributed by atoms with Gasteiger partial charge >= 0.3 is 0 Å². The molecule has 0 saturated carbocycles. The number of anilines is 1. The molecule has 5 N–H and O–H groups in total. The lowest BCUT2D eigenvalue weighted by Gasteiger charge is -2.16. The number of fused-ring (bicyclic) bond motifs is 1. The highest BCUT2D eigenvalue weighted by Gasteiger charge is 2.20. The molecule has 1 unspecified atom stereocenters. The predicted molar refractivity (Wildman–Crippen MR) is 83.9 cm³/mol. The maximum absolute atomic E-state index is 13.3. The molecule has 21 heavy (non-hydrogen) atoms. The largest absolute Gasteiger partial charge is 0.459 e. The summed E-state index contributed by atoms with van der Waals surface area (Å²) in [5.41, 5.74) is 10.7. The van der Waals surface area contributed by atoms with Gasteiger partial charge in [-0.15, -0.1) is 0 Å². The second-order valence-electron chi connectivity index (χ2n) is 4.70. The molecule has 3 rings (SSSR count). The molecule has 0 radical (unpaired) electrons. The lowest BCUT2D eigenvalue weighted by molar-refractivity contribution is 0.477. The monoisotopic (exact) mass is 349 g/mol. The molecule has 0 amide bonds. The van der Waals surface area contributed by atoms with Gasteiger partial charge in [0.1, 0.15) is 23.2 Å². The van der Waals surface area contributed by atoms with Crippen molar-refractivity contribution in [2.75, 3.05) is 5.73 Å². The molecule has 108 valence electrons. The quantitative estimate of drug-likeness (QED) is 0.384.